The third kappa shape index (κ3) is 2.44. The Kier molecular flexibility index (Phi) is 3.50. The number of anilines is 1. The van der Waals surface area contributed by atoms with E-state index >= 15 is 0 Å². The number of hydrogen-bond acceptors (Lipinski definition) is 5. The monoisotopic (exact) mass is 293 g/mol. The molecule has 5 nitrogen and oxygen atoms in total. The zero-order valence-electron chi connectivity index (χ0n) is 11.1. The van der Waals surface area contributed by atoms with Gasteiger partial charge in [0.05, 0.1) is 11.6 Å². The summed E-state index contributed by atoms with van der Waals surface area (Å²) in [6.45, 7) is 2.82. The van der Waals surface area contributed by atoms with Crippen molar-refractivity contribution in [1.29, 1.82) is 0 Å². The maximum absolute atomic E-state index is 10.5. The standard InChI is InChI=1S/C14H16ClN3O2/c1-9-14(19,6-7-20-9)8-16-12-10-4-2-3-5-11(10)17-13(15)18-12/h2-5,9,19H,6-8H2,1H3,(H,16,17,18). The molecule has 1 aliphatic heterocycles. The number of halogens is 1. The number of nitrogens with zero attached hydrogens (tertiary/aromatic N) is 2. The van der Waals surface area contributed by atoms with Gasteiger partial charge in [-0.3, -0.25) is 0 Å². The van der Waals surface area contributed by atoms with Crippen LogP contribution >= 0.6 is 11.6 Å². The van der Waals surface area contributed by atoms with Crippen LogP contribution in [0.2, 0.25) is 5.28 Å². The Hall–Kier alpha value is -1.43. The first-order valence-corrected chi connectivity index (χ1v) is 6.96. The molecular weight excluding hydrogens is 278 g/mol. The fourth-order valence-corrected chi connectivity index (χ4v) is 2.60. The Morgan fingerprint density at radius 3 is 3.00 bits per heavy atom. The first kappa shape index (κ1) is 13.5. The second-order valence-corrected chi connectivity index (χ2v) is 5.42. The van der Waals surface area contributed by atoms with Crippen molar-refractivity contribution in [2.24, 2.45) is 0 Å². The highest BCUT2D eigenvalue weighted by atomic mass is 35.5. The molecule has 2 unspecified atom stereocenters. The number of hydrogen-bond donors (Lipinski definition) is 2. The van der Waals surface area contributed by atoms with Crippen LogP contribution in [-0.2, 0) is 4.74 Å². The number of fused-ring (bicyclic) bond motifs is 1. The van der Waals surface area contributed by atoms with Crippen molar-refractivity contribution in [2.75, 3.05) is 18.5 Å². The minimum atomic E-state index is -0.876. The molecule has 1 fully saturated rings. The smallest absolute Gasteiger partial charge is 0.224 e. The van der Waals surface area contributed by atoms with Gasteiger partial charge in [0.1, 0.15) is 11.4 Å². The van der Waals surface area contributed by atoms with E-state index in [1.165, 1.54) is 0 Å². The summed E-state index contributed by atoms with van der Waals surface area (Å²) < 4.78 is 5.42. The van der Waals surface area contributed by atoms with Gasteiger partial charge in [-0.1, -0.05) is 12.1 Å². The van der Waals surface area contributed by atoms with Crippen molar-refractivity contribution in [3.05, 3.63) is 29.5 Å². The molecule has 0 spiro atoms. The second kappa shape index (κ2) is 5.16. The molecule has 0 bridgehead atoms. The molecule has 2 N–H and O–H groups in total. The molecule has 0 saturated carbocycles. The van der Waals surface area contributed by atoms with E-state index in [9.17, 15) is 5.11 Å². The lowest BCUT2D eigenvalue weighted by atomic mass is 9.97. The molecule has 0 aliphatic carbocycles. The van der Waals surface area contributed by atoms with Crippen molar-refractivity contribution in [3.63, 3.8) is 0 Å². The average Bonchev–Trinajstić information content (AvgIpc) is 2.76. The molecule has 3 rings (SSSR count). The number of ether oxygens (including phenoxy) is 1. The summed E-state index contributed by atoms with van der Waals surface area (Å²) in [4.78, 5) is 8.39. The van der Waals surface area contributed by atoms with E-state index in [0.29, 0.717) is 25.4 Å². The Balaban J connectivity index is 1.87. The zero-order valence-corrected chi connectivity index (χ0v) is 11.9. The quantitative estimate of drug-likeness (QED) is 0.850. The van der Waals surface area contributed by atoms with Crippen LogP contribution in [0, 0.1) is 0 Å². The molecular formula is C14H16ClN3O2. The number of aromatic nitrogens is 2. The van der Waals surface area contributed by atoms with Gasteiger partial charge in [-0.25, -0.2) is 9.97 Å². The summed E-state index contributed by atoms with van der Waals surface area (Å²) >= 11 is 5.93. The molecule has 1 aromatic carbocycles. The second-order valence-electron chi connectivity index (χ2n) is 5.08. The number of benzene rings is 1. The summed E-state index contributed by atoms with van der Waals surface area (Å²) in [5.74, 6) is 0.633. The lowest BCUT2D eigenvalue weighted by molar-refractivity contribution is -0.0176. The molecule has 0 amide bonds. The van der Waals surface area contributed by atoms with Gasteiger partial charge in [0.2, 0.25) is 5.28 Å². The summed E-state index contributed by atoms with van der Waals surface area (Å²) in [5, 5.41) is 14.7. The number of aliphatic hydroxyl groups is 1. The highest BCUT2D eigenvalue weighted by molar-refractivity contribution is 6.28. The zero-order chi connectivity index (χ0) is 14.2. The van der Waals surface area contributed by atoms with Gasteiger partial charge in [0.25, 0.3) is 0 Å². The van der Waals surface area contributed by atoms with Crippen LogP contribution in [0.3, 0.4) is 0 Å². The van der Waals surface area contributed by atoms with Gasteiger partial charge in [0.15, 0.2) is 0 Å². The average molecular weight is 294 g/mol. The van der Waals surface area contributed by atoms with Gasteiger partial charge in [-0.15, -0.1) is 0 Å². The molecule has 2 aromatic rings. The van der Waals surface area contributed by atoms with Crippen molar-refractivity contribution in [1.82, 2.24) is 9.97 Å². The largest absolute Gasteiger partial charge is 0.385 e. The Labute approximate surface area is 121 Å². The van der Waals surface area contributed by atoms with E-state index in [0.717, 1.165) is 10.9 Å². The first-order valence-electron chi connectivity index (χ1n) is 6.59. The third-order valence-electron chi connectivity index (χ3n) is 3.80. The van der Waals surface area contributed by atoms with E-state index in [4.69, 9.17) is 16.3 Å². The van der Waals surface area contributed by atoms with Crippen LogP contribution < -0.4 is 5.32 Å². The molecule has 1 aromatic heterocycles. The molecule has 106 valence electrons. The lowest BCUT2D eigenvalue weighted by Crippen LogP contribution is -2.43. The maximum atomic E-state index is 10.5. The van der Waals surface area contributed by atoms with E-state index < -0.39 is 5.60 Å². The van der Waals surface area contributed by atoms with Crippen molar-refractivity contribution >= 4 is 28.3 Å². The van der Waals surface area contributed by atoms with Gasteiger partial charge >= 0.3 is 0 Å². The van der Waals surface area contributed by atoms with E-state index in [-0.39, 0.29) is 11.4 Å². The summed E-state index contributed by atoms with van der Waals surface area (Å²) in [6.07, 6.45) is 0.413. The highest BCUT2D eigenvalue weighted by Crippen LogP contribution is 2.27. The van der Waals surface area contributed by atoms with Gasteiger partial charge in [0, 0.05) is 25.0 Å². The van der Waals surface area contributed by atoms with Crippen molar-refractivity contribution in [3.8, 4) is 0 Å². The van der Waals surface area contributed by atoms with Crippen LogP contribution in [0.25, 0.3) is 10.9 Å². The summed E-state index contributed by atoms with van der Waals surface area (Å²) in [5.41, 5.74) is -0.101. The summed E-state index contributed by atoms with van der Waals surface area (Å²) in [6, 6.07) is 7.62. The molecule has 2 atom stereocenters. The number of para-hydroxylation sites is 1. The van der Waals surface area contributed by atoms with Gasteiger partial charge < -0.3 is 15.2 Å². The third-order valence-corrected chi connectivity index (χ3v) is 3.97. The van der Waals surface area contributed by atoms with Crippen LogP contribution in [-0.4, -0.2) is 39.9 Å². The van der Waals surface area contributed by atoms with E-state index in [1.807, 2.05) is 31.2 Å². The molecule has 1 aliphatic rings. The summed E-state index contributed by atoms with van der Waals surface area (Å²) in [7, 11) is 0. The molecule has 1 saturated heterocycles. The van der Waals surface area contributed by atoms with Crippen LogP contribution in [0.1, 0.15) is 13.3 Å². The highest BCUT2D eigenvalue weighted by Gasteiger charge is 2.39. The molecule has 6 heteroatoms. The predicted molar refractivity (Wildman–Crippen MR) is 78.0 cm³/mol. The normalized spacial score (nSPS) is 26.1. The molecule has 2 heterocycles. The minimum absolute atomic E-state index is 0.189. The maximum Gasteiger partial charge on any atom is 0.224 e. The Bertz CT molecular complexity index is 637. The number of rotatable bonds is 3. The van der Waals surface area contributed by atoms with Gasteiger partial charge in [-0.05, 0) is 30.7 Å². The van der Waals surface area contributed by atoms with E-state index in [1.54, 1.807) is 0 Å². The molecule has 20 heavy (non-hydrogen) atoms. The van der Waals surface area contributed by atoms with Crippen LogP contribution in [0.5, 0.6) is 0 Å². The predicted octanol–water partition coefficient (Wildman–Crippen LogP) is 2.24. The molecule has 0 radical (unpaired) electrons. The van der Waals surface area contributed by atoms with Crippen molar-refractivity contribution < 1.29 is 9.84 Å². The SMILES string of the molecule is CC1OCCC1(O)CNc1nc(Cl)nc2ccccc12. The first-order chi connectivity index (χ1) is 9.58. The van der Waals surface area contributed by atoms with Crippen molar-refractivity contribution in [2.45, 2.75) is 25.0 Å². The minimum Gasteiger partial charge on any atom is -0.385 e. The number of nitrogens with one attached hydrogen (secondary N) is 1. The lowest BCUT2D eigenvalue weighted by Gasteiger charge is -2.26. The van der Waals surface area contributed by atoms with E-state index in [2.05, 4.69) is 15.3 Å². The van der Waals surface area contributed by atoms with Crippen LogP contribution in [0.15, 0.2) is 24.3 Å². The fourth-order valence-electron chi connectivity index (χ4n) is 2.42. The van der Waals surface area contributed by atoms with Crippen LogP contribution in [0.4, 0.5) is 5.82 Å². The fraction of sp³-hybridized carbons (Fsp3) is 0.429. The van der Waals surface area contributed by atoms with Gasteiger partial charge in [-0.2, -0.15) is 0 Å². The Morgan fingerprint density at radius 2 is 2.25 bits per heavy atom. The Morgan fingerprint density at radius 1 is 1.45 bits per heavy atom. The topological polar surface area (TPSA) is 67.3 Å².